The number of likely N-dealkylation sites (N-methyl/N-ethyl adjacent to an activating group) is 1. The Balaban J connectivity index is 1.70. The number of fused-ring (bicyclic) bond motifs is 1. The summed E-state index contributed by atoms with van der Waals surface area (Å²) in [6.07, 6.45) is 0.922. The monoisotopic (exact) mass is 329 g/mol. The van der Waals surface area contributed by atoms with Crippen molar-refractivity contribution < 1.29 is 4.79 Å². The van der Waals surface area contributed by atoms with E-state index in [1.807, 2.05) is 37.2 Å². The summed E-state index contributed by atoms with van der Waals surface area (Å²) in [4.78, 5) is 18.0. The van der Waals surface area contributed by atoms with Crippen molar-refractivity contribution in [1.29, 1.82) is 0 Å². The number of carbonyl (C=O) groups is 1. The van der Waals surface area contributed by atoms with E-state index in [2.05, 4.69) is 40.7 Å². The Morgan fingerprint density at radius 2 is 2.13 bits per heavy atom. The number of nitrogens with zero attached hydrogens (tertiary/aromatic N) is 2. The van der Waals surface area contributed by atoms with E-state index in [0.717, 1.165) is 12.1 Å². The second kappa shape index (κ2) is 6.72. The summed E-state index contributed by atoms with van der Waals surface area (Å²) in [7, 11) is 4.09. The fourth-order valence-electron chi connectivity index (χ4n) is 3.16. The van der Waals surface area contributed by atoms with E-state index >= 15 is 0 Å². The van der Waals surface area contributed by atoms with Crippen molar-refractivity contribution in [3.8, 4) is 0 Å². The third kappa shape index (κ3) is 3.26. The maximum absolute atomic E-state index is 12.7. The number of para-hydroxylation sites is 1. The first-order valence-corrected chi connectivity index (χ1v) is 8.80. The largest absolute Gasteiger partial charge is 0.336 e. The molecule has 2 amide bonds. The molecule has 122 valence electrons. The van der Waals surface area contributed by atoms with Crippen molar-refractivity contribution in [2.24, 2.45) is 0 Å². The van der Waals surface area contributed by atoms with Crippen LogP contribution in [0.4, 0.5) is 10.5 Å². The van der Waals surface area contributed by atoms with Crippen LogP contribution in [-0.2, 0) is 6.42 Å². The molecule has 2 atom stereocenters. The minimum atomic E-state index is -0.00847. The molecule has 0 radical (unpaired) electrons. The van der Waals surface area contributed by atoms with Crippen LogP contribution in [0.25, 0.3) is 0 Å². The normalized spacial score (nSPS) is 18.1. The number of amides is 2. The number of benzene rings is 1. The summed E-state index contributed by atoms with van der Waals surface area (Å²) in [6, 6.07) is 12.7. The van der Waals surface area contributed by atoms with Gasteiger partial charge in [-0.2, -0.15) is 0 Å². The molecule has 0 fully saturated rings. The topological polar surface area (TPSA) is 35.6 Å². The number of hydrogen-bond acceptors (Lipinski definition) is 3. The number of hydrogen-bond donors (Lipinski definition) is 1. The van der Waals surface area contributed by atoms with Gasteiger partial charge in [-0.05, 0) is 50.5 Å². The predicted molar refractivity (Wildman–Crippen MR) is 96.2 cm³/mol. The van der Waals surface area contributed by atoms with Gasteiger partial charge in [0.2, 0.25) is 0 Å². The molecule has 5 heteroatoms. The van der Waals surface area contributed by atoms with Gasteiger partial charge in [-0.3, -0.25) is 4.90 Å². The molecule has 1 aliphatic heterocycles. The van der Waals surface area contributed by atoms with Crippen LogP contribution >= 0.6 is 11.3 Å². The van der Waals surface area contributed by atoms with E-state index in [1.54, 1.807) is 11.3 Å². The molecule has 0 saturated carbocycles. The van der Waals surface area contributed by atoms with Gasteiger partial charge in [0.1, 0.15) is 0 Å². The van der Waals surface area contributed by atoms with Gasteiger partial charge in [-0.25, -0.2) is 4.79 Å². The van der Waals surface area contributed by atoms with Crippen molar-refractivity contribution in [3.05, 3.63) is 52.2 Å². The SMILES string of the molecule is C[C@@H]1Cc2ccccc2N1C(=O)NC[C@@H](c1cccs1)N(C)C. The lowest BCUT2D eigenvalue weighted by molar-refractivity contribution is 0.237. The smallest absolute Gasteiger partial charge is 0.322 e. The second-order valence-corrected chi connectivity index (χ2v) is 7.21. The molecule has 1 N–H and O–H groups in total. The Morgan fingerprint density at radius 1 is 1.35 bits per heavy atom. The molecule has 0 saturated heterocycles. The van der Waals surface area contributed by atoms with Crippen molar-refractivity contribution in [2.75, 3.05) is 25.5 Å². The first-order chi connectivity index (χ1) is 11.1. The molecule has 1 aromatic heterocycles. The third-order valence-corrected chi connectivity index (χ3v) is 5.34. The average molecular weight is 329 g/mol. The van der Waals surface area contributed by atoms with Gasteiger partial charge in [-0.1, -0.05) is 24.3 Å². The molecule has 2 aromatic rings. The van der Waals surface area contributed by atoms with Crippen LogP contribution in [0.5, 0.6) is 0 Å². The maximum atomic E-state index is 12.7. The van der Waals surface area contributed by atoms with Crippen molar-refractivity contribution in [1.82, 2.24) is 10.2 Å². The first kappa shape index (κ1) is 16.0. The molecule has 0 spiro atoms. The quantitative estimate of drug-likeness (QED) is 0.932. The molecule has 1 aromatic carbocycles. The maximum Gasteiger partial charge on any atom is 0.322 e. The van der Waals surface area contributed by atoms with E-state index < -0.39 is 0 Å². The standard InChI is InChI=1S/C18H23N3OS/c1-13-11-14-7-4-5-8-15(14)21(13)18(22)19-12-16(20(2)3)17-9-6-10-23-17/h4-10,13,16H,11-12H2,1-3H3,(H,19,22)/t13-,16+/m1/s1. The summed E-state index contributed by atoms with van der Waals surface area (Å²) in [5.74, 6) is 0. The first-order valence-electron chi connectivity index (χ1n) is 7.92. The van der Waals surface area contributed by atoms with Gasteiger partial charge in [0.05, 0.1) is 6.04 Å². The fraction of sp³-hybridized carbons (Fsp3) is 0.389. The Bertz CT molecular complexity index is 669. The lowest BCUT2D eigenvalue weighted by Gasteiger charge is -2.27. The van der Waals surface area contributed by atoms with E-state index in [0.29, 0.717) is 6.54 Å². The van der Waals surface area contributed by atoms with Gasteiger partial charge in [-0.15, -0.1) is 11.3 Å². The van der Waals surface area contributed by atoms with Crippen LogP contribution in [-0.4, -0.2) is 37.6 Å². The number of anilines is 1. The number of nitrogens with one attached hydrogen (secondary N) is 1. The average Bonchev–Trinajstić information content (AvgIpc) is 3.13. The Kier molecular flexibility index (Phi) is 4.68. The fourth-order valence-corrected chi connectivity index (χ4v) is 4.09. The molecule has 1 aliphatic rings. The highest BCUT2D eigenvalue weighted by Crippen LogP contribution is 2.31. The lowest BCUT2D eigenvalue weighted by atomic mass is 10.1. The molecule has 23 heavy (non-hydrogen) atoms. The molecule has 0 bridgehead atoms. The van der Waals surface area contributed by atoms with E-state index in [9.17, 15) is 4.79 Å². The van der Waals surface area contributed by atoms with Gasteiger partial charge in [0.15, 0.2) is 0 Å². The Hall–Kier alpha value is -1.85. The van der Waals surface area contributed by atoms with E-state index in [4.69, 9.17) is 0 Å². The minimum absolute atomic E-state index is 0.00847. The van der Waals surface area contributed by atoms with Gasteiger partial charge >= 0.3 is 6.03 Å². The third-order valence-electron chi connectivity index (χ3n) is 4.37. The summed E-state index contributed by atoms with van der Waals surface area (Å²) in [5, 5.41) is 5.19. The summed E-state index contributed by atoms with van der Waals surface area (Å²) in [6.45, 7) is 2.71. The molecular weight excluding hydrogens is 306 g/mol. The lowest BCUT2D eigenvalue weighted by Crippen LogP contribution is -2.45. The summed E-state index contributed by atoms with van der Waals surface area (Å²) < 4.78 is 0. The zero-order valence-electron chi connectivity index (χ0n) is 13.8. The molecule has 0 aliphatic carbocycles. The zero-order valence-corrected chi connectivity index (χ0v) is 14.6. The Labute approximate surface area is 141 Å². The molecule has 4 nitrogen and oxygen atoms in total. The predicted octanol–water partition coefficient (Wildman–Crippen LogP) is 3.51. The van der Waals surface area contributed by atoms with Crippen molar-refractivity contribution >= 4 is 23.1 Å². The highest BCUT2D eigenvalue weighted by Gasteiger charge is 2.31. The highest BCUT2D eigenvalue weighted by atomic mass is 32.1. The number of rotatable bonds is 4. The van der Waals surface area contributed by atoms with Gasteiger partial charge in [0, 0.05) is 23.2 Å². The Morgan fingerprint density at radius 3 is 2.83 bits per heavy atom. The van der Waals surface area contributed by atoms with Gasteiger partial charge < -0.3 is 10.2 Å². The molecule has 3 rings (SSSR count). The van der Waals surface area contributed by atoms with Gasteiger partial charge in [0.25, 0.3) is 0 Å². The highest BCUT2D eigenvalue weighted by molar-refractivity contribution is 7.10. The number of thiophene rings is 1. The van der Waals surface area contributed by atoms with Crippen LogP contribution in [0, 0.1) is 0 Å². The molecule has 2 heterocycles. The summed E-state index contributed by atoms with van der Waals surface area (Å²) >= 11 is 1.73. The van der Waals surface area contributed by atoms with Crippen LogP contribution < -0.4 is 10.2 Å². The van der Waals surface area contributed by atoms with Crippen molar-refractivity contribution in [2.45, 2.75) is 25.4 Å². The molecule has 0 unspecified atom stereocenters. The second-order valence-electron chi connectivity index (χ2n) is 6.23. The number of carbonyl (C=O) groups excluding carboxylic acids is 1. The van der Waals surface area contributed by atoms with E-state index in [-0.39, 0.29) is 18.1 Å². The van der Waals surface area contributed by atoms with Crippen LogP contribution in [0.2, 0.25) is 0 Å². The van der Waals surface area contributed by atoms with Crippen LogP contribution in [0.3, 0.4) is 0 Å². The van der Waals surface area contributed by atoms with Crippen molar-refractivity contribution in [3.63, 3.8) is 0 Å². The van der Waals surface area contributed by atoms with Crippen LogP contribution in [0.1, 0.15) is 23.4 Å². The van der Waals surface area contributed by atoms with E-state index in [1.165, 1.54) is 10.4 Å². The summed E-state index contributed by atoms with van der Waals surface area (Å²) in [5.41, 5.74) is 2.28. The minimum Gasteiger partial charge on any atom is -0.336 e. The number of urea groups is 1. The zero-order chi connectivity index (χ0) is 16.4. The molecular formula is C18H23N3OS. The van der Waals surface area contributed by atoms with Crippen LogP contribution in [0.15, 0.2) is 41.8 Å².